The number of benzene rings is 2. The molecule has 0 radical (unpaired) electrons. The normalized spacial score (nSPS) is 13.9. The van der Waals surface area contributed by atoms with Crippen LogP contribution < -0.4 is 20.3 Å². The van der Waals surface area contributed by atoms with E-state index in [2.05, 4.69) is 41.7 Å². The number of anilines is 3. The van der Waals surface area contributed by atoms with Crippen LogP contribution in [0.5, 0.6) is 5.75 Å². The fourth-order valence-corrected chi connectivity index (χ4v) is 4.74. The van der Waals surface area contributed by atoms with Gasteiger partial charge in [-0.25, -0.2) is 13.5 Å². The van der Waals surface area contributed by atoms with Gasteiger partial charge in [0.15, 0.2) is 0 Å². The van der Waals surface area contributed by atoms with E-state index in [4.69, 9.17) is 4.74 Å². The van der Waals surface area contributed by atoms with Crippen molar-refractivity contribution < 1.29 is 18.6 Å². The van der Waals surface area contributed by atoms with E-state index in [1.54, 1.807) is 18.0 Å². The van der Waals surface area contributed by atoms with Gasteiger partial charge < -0.3 is 25.4 Å². The molecule has 1 fully saturated rings. The van der Waals surface area contributed by atoms with Crippen LogP contribution in [-0.4, -0.2) is 87.7 Å². The molecule has 3 heterocycles. The monoisotopic (exact) mass is 591 g/mol. The number of aromatic nitrogens is 5. The largest absolute Gasteiger partial charge is 0.497 e. The van der Waals surface area contributed by atoms with Crippen LogP contribution in [0, 0.1) is 18.6 Å². The molecule has 0 unspecified atom stereocenters. The number of nitrogens with one attached hydrogen (secondary N) is 2. The third kappa shape index (κ3) is 7.81. The van der Waals surface area contributed by atoms with Crippen molar-refractivity contribution in [3.63, 3.8) is 0 Å². The highest BCUT2D eigenvalue weighted by Gasteiger charge is 2.18. The Labute approximate surface area is 248 Å². The summed E-state index contributed by atoms with van der Waals surface area (Å²) in [5.41, 5.74) is 3.38. The van der Waals surface area contributed by atoms with Crippen LogP contribution in [0.2, 0.25) is 0 Å². The van der Waals surface area contributed by atoms with Crippen molar-refractivity contribution in [1.82, 2.24) is 29.6 Å². The molecular weight excluding hydrogens is 556 g/mol. The Morgan fingerprint density at radius 1 is 0.953 bits per heavy atom. The van der Waals surface area contributed by atoms with Crippen LogP contribution in [0.3, 0.4) is 0 Å². The van der Waals surface area contributed by atoms with Gasteiger partial charge in [0.25, 0.3) is 5.95 Å². The van der Waals surface area contributed by atoms with Crippen LogP contribution in [0.15, 0.2) is 54.7 Å². The molecule has 226 valence electrons. The summed E-state index contributed by atoms with van der Waals surface area (Å²) in [5, 5.41) is 20.0. The topological polar surface area (TPSA) is 116 Å². The molecule has 5 rings (SSSR count). The quantitative estimate of drug-likeness (QED) is 0.226. The van der Waals surface area contributed by atoms with Gasteiger partial charge in [-0.2, -0.15) is 20.1 Å². The Morgan fingerprint density at radius 2 is 1.65 bits per heavy atom. The van der Waals surface area contributed by atoms with Crippen LogP contribution in [-0.2, 0) is 6.54 Å². The third-order valence-electron chi connectivity index (χ3n) is 7.11. The Kier molecular flexibility index (Phi) is 9.74. The zero-order chi connectivity index (χ0) is 30.2. The number of rotatable bonds is 12. The van der Waals surface area contributed by atoms with Gasteiger partial charge in [0.05, 0.1) is 25.6 Å². The van der Waals surface area contributed by atoms with Gasteiger partial charge in [-0.1, -0.05) is 24.3 Å². The first-order valence-electron chi connectivity index (χ1n) is 14.0. The van der Waals surface area contributed by atoms with Crippen molar-refractivity contribution in [3.8, 4) is 11.7 Å². The Hall–Kier alpha value is -4.62. The average Bonchev–Trinajstić information content (AvgIpc) is 3.38. The molecule has 1 saturated heterocycles. The lowest BCUT2D eigenvalue weighted by Gasteiger charge is -2.35. The number of hydrogen-bond donors (Lipinski definition) is 3. The SMILES string of the molecule is COc1ccc(CNc2nc(NCCO)nc(-n3ncc(/C=C/CN4CCN(c5cc(F)cc(F)c5)CC4)c3C)n2)cc1. The second-order valence-corrected chi connectivity index (χ2v) is 10.0. The van der Waals surface area contributed by atoms with Gasteiger partial charge in [0.1, 0.15) is 17.4 Å². The van der Waals surface area contributed by atoms with E-state index in [1.165, 1.54) is 12.1 Å². The van der Waals surface area contributed by atoms with Gasteiger partial charge in [-0.3, -0.25) is 4.90 Å². The molecule has 3 N–H and O–H groups in total. The molecule has 0 bridgehead atoms. The van der Waals surface area contributed by atoms with E-state index in [1.807, 2.05) is 42.2 Å². The Balaban J connectivity index is 1.22. The lowest BCUT2D eigenvalue weighted by molar-refractivity contribution is 0.284. The average molecular weight is 592 g/mol. The molecule has 0 atom stereocenters. The molecule has 13 heteroatoms. The van der Waals surface area contributed by atoms with Gasteiger partial charge in [-0.15, -0.1) is 0 Å². The maximum absolute atomic E-state index is 13.6. The first-order chi connectivity index (χ1) is 20.9. The fraction of sp³-hybridized carbons (Fsp3) is 0.333. The highest BCUT2D eigenvalue weighted by atomic mass is 19.1. The summed E-state index contributed by atoms with van der Waals surface area (Å²) in [5.74, 6) is 0.688. The third-order valence-corrected chi connectivity index (χ3v) is 7.11. The van der Waals surface area contributed by atoms with Crippen LogP contribution in [0.4, 0.5) is 26.4 Å². The first-order valence-corrected chi connectivity index (χ1v) is 14.0. The van der Waals surface area contributed by atoms with E-state index >= 15 is 0 Å². The zero-order valence-corrected chi connectivity index (χ0v) is 24.2. The molecule has 4 aromatic rings. The molecule has 2 aromatic carbocycles. The number of halogens is 2. The number of methoxy groups -OCH3 is 1. The standard InChI is InChI=1S/C30H35F2N9O2/c1-21-23(4-3-10-39-11-13-40(14-12-39)26-17-24(31)16-25(32)18-26)20-35-41(21)30-37-28(33-9-15-42)36-29(38-30)34-19-22-5-7-27(43-2)8-6-22/h3-8,16-18,20,42H,9-15,19H2,1-2H3,(H2,33,34,36,37,38)/b4-3+. The molecule has 2 aromatic heterocycles. The molecule has 0 amide bonds. The second kappa shape index (κ2) is 14.0. The predicted molar refractivity (Wildman–Crippen MR) is 162 cm³/mol. The minimum absolute atomic E-state index is 0.0657. The van der Waals surface area contributed by atoms with E-state index in [-0.39, 0.29) is 6.61 Å². The van der Waals surface area contributed by atoms with Crippen molar-refractivity contribution in [3.05, 3.63) is 83.2 Å². The van der Waals surface area contributed by atoms with E-state index in [0.717, 1.165) is 48.3 Å². The van der Waals surface area contributed by atoms with Gasteiger partial charge in [0.2, 0.25) is 11.9 Å². The summed E-state index contributed by atoms with van der Waals surface area (Å²) in [6.07, 6.45) is 5.86. The van der Waals surface area contributed by atoms with E-state index in [0.29, 0.717) is 49.7 Å². The molecule has 1 aliphatic heterocycles. The van der Waals surface area contributed by atoms with E-state index in [9.17, 15) is 13.9 Å². The smallest absolute Gasteiger partial charge is 0.257 e. The number of hydrogen-bond acceptors (Lipinski definition) is 10. The zero-order valence-electron chi connectivity index (χ0n) is 24.2. The number of aliphatic hydroxyl groups excluding tert-OH is 1. The molecule has 0 aliphatic carbocycles. The molecule has 11 nitrogen and oxygen atoms in total. The van der Waals surface area contributed by atoms with Crippen molar-refractivity contribution >= 4 is 23.7 Å². The summed E-state index contributed by atoms with van der Waals surface area (Å²) < 4.78 is 34.1. The summed E-state index contributed by atoms with van der Waals surface area (Å²) in [6, 6.07) is 11.3. The summed E-state index contributed by atoms with van der Waals surface area (Å²) in [6.45, 7) is 6.33. The lowest BCUT2D eigenvalue weighted by atomic mass is 10.2. The Bertz CT molecular complexity index is 1520. The second-order valence-electron chi connectivity index (χ2n) is 10.0. The van der Waals surface area contributed by atoms with Crippen molar-refractivity contribution in [2.75, 3.05) is 68.5 Å². The summed E-state index contributed by atoms with van der Waals surface area (Å²) >= 11 is 0. The van der Waals surface area contributed by atoms with Crippen LogP contribution in [0.25, 0.3) is 12.0 Å². The molecule has 43 heavy (non-hydrogen) atoms. The van der Waals surface area contributed by atoms with Gasteiger partial charge in [-0.05, 0) is 36.8 Å². The van der Waals surface area contributed by atoms with Crippen molar-refractivity contribution in [2.24, 2.45) is 0 Å². The highest BCUT2D eigenvalue weighted by molar-refractivity contribution is 5.52. The highest BCUT2D eigenvalue weighted by Crippen LogP contribution is 2.20. The maximum atomic E-state index is 13.6. The van der Waals surface area contributed by atoms with Gasteiger partial charge in [0, 0.05) is 63.1 Å². The van der Waals surface area contributed by atoms with Crippen molar-refractivity contribution in [1.29, 1.82) is 0 Å². The molecular formula is C30H35F2N9O2. The molecule has 0 spiro atoms. The lowest BCUT2D eigenvalue weighted by Crippen LogP contribution is -2.46. The summed E-state index contributed by atoms with van der Waals surface area (Å²) in [4.78, 5) is 17.8. The van der Waals surface area contributed by atoms with Crippen molar-refractivity contribution in [2.45, 2.75) is 13.5 Å². The minimum atomic E-state index is -0.563. The molecule has 1 aliphatic rings. The van der Waals surface area contributed by atoms with Gasteiger partial charge >= 0.3 is 0 Å². The first kappa shape index (κ1) is 29.9. The van der Waals surface area contributed by atoms with Crippen LogP contribution >= 0.6 is 0 Å². The fourth-order valence-electron chi connectivity index (χ4n) is 4.74. The maximum Gasteiger partial charge on any atom is 0.257 e. The van der Waals surface area contributed by atoms with E-state index < -0.39 is 11.6 Å². The number of aliphatic hydroxyl groups is 1. The molecule has 0 saturated carbocycles. The number of ether oxygens (including phenoxy) is 1. The minimum Gasteiger partial charge on any atom is -0.497 e. The number of piperazine rings is 1. The summed E-state index contributed by atoms with van der Waals surface area (Å²) in [7, 11) is 1.63. The number of nitrogens with zero attached hydrogens (tertiary/aromatic N) is 7. The Morgan fingerprint density at radius 3 is 2.33 bits per heavy atom. The van der Waals surface area contributed by atoms with Crippen LogP contribution in [0.1, 0.15) is 16.8 Å². The predicted octanol–water partition coefficient (Wildman–Crippen LogP) is 3.50.